The van der Waals surface area contributed by atoms with Gasteiger partial charge in [0.25, 0.3) is 0 Å². The molecular weight excluding hydrogens is 368 g/mol. The van der Waals surface area contributed by atoms with Crippen LogP contribution in [-0.4, -0.2) is 48.2 Å². The Kier molecular flexibility index (Phi) is 7.20. The molecule has 0 saturated heterocycles. The lowest BCUT2D eigenvalue weighted by molar-refractivity contribution is -0.119. The normalized spacial score (nSPS) is 11.1. The van der Waals surface area contributed by atoms with Crippen LogP contribution in [0.4, 0.5) is 5.69 Å². The summed E-state index contributed by atoms with van der Waals surface area (Å²) in [6.45, 7) is 2.59. The van der Waals surface area contributed by atoms with Gasteiger partial charge in [-0.05, 0) is 31.2 Å². The van der Waals surface area contributed by atoms with Crippen molar-refractivity contribution in [1.29, 1.82) is 0 Å². The molecule has 0 fully saturated rings. The van der Waals surface area contributed by atoms with Crippen LogP contribution in [0.25, 0.3) is 0 Å². The van der Waals surface area contributed by atoms with Gasteiger partial charge in [0.2, 0.25) is 15.7 Å². The van der Waals surface area contributed by atoms with Gasteiger partial charge in [0.1, 0.15) is 10.6 Å². The molecule has 0 spiro atoms. The van der Waals surface area contributed by atoms with Crippen LogP contribution >= 0.6 is 0 Å². The summed E-state index contributed by atoms with van der Waals surface area (Å²) in [6.07, 6.45) is 0. The van der Waals surface area contributed by atoms with E-state index in [9.17, 15) is 13.2 Å². The maximum atomic E-state index is 13.2. The third kappa shape index (κ3) is 5.21. The number of nitrogens with one attached hydrogen (secondary N) is 2. The van der Waals surface area contributed by atoms with Crippen molar-refractivity contribution < 1.29 is 22.7 Å². The van der Waals surface area contributed by atoms with E-state index >= 15 is 0 Å². The Morgan fingerprint density at radius 1 is 1.07 bits per heavy atom. The van der Waals surface area contributed by atoms with Crippen molar-refractivity contribution >= 4 is 21.4 Å². The van der Waals surface area contributed by atoms with Crippen LogP contribution in [0.5, 0.6) is 5.75 Å². The molecule has 0 saturated carbocycles. The molecule has 0 atom stereocenters. The highest BCUT2D eigenvalue weighted by Crippen LogP contribution is 2.35. The zero-order chi connectivity index (χ0) is 19.9. The Bertz CT molecular complexity index is 879. The van der Waals surface area contributed by atoms with E-state index in [0.29, 0.717) is 18.8 Å². The lowest BCUT2D eigenvalue weighted by Gasteiger charge is -2.16. The van der Waals surface area contributed by atoms with E-state index < -0.39 is 9.84 Å². The smallest absolute Gasteiger partial charge is 0.239 e. The monoisotopic (exact) mass is 392 g/mol. The predicted octanol–water partition coefficient (Wildman–Crippen LogP) is 2.01. The van der Waals surface area contributed by atoms with Crippen LogP contribution in [0.1, 0.15) is 5.56 Å². The van der Waals surface area contributed by atoms with Crippen molar-refractivity contribution in [2.75, 3.05) is 39.2 Å². The first-order chi connectivity index (χ1) is 12.9. The molecule has 0 unspecified atom stereocenters. The quantitative estimate of drug-likeness (QED) is 0.634. The lowest BCUT2D eigenvalue weighted by Crippen LogP contribution is -2.32. The Labute approximate surface area is 159 Å². The fraction of sp³-hybridized carbons (Fsp3) is 0.316. The first-order valence-electron chi connectivity index (χ1n) is 8.38. The second-order valence-electron chi connectivity index (χ2n) is 5.85. The van der Waals surface area contributed by atoms with Crippen molar-refractivity contribution in [3.63, 3.8) is 0 Å². The van der Waals surface area contributed by atoms with Gasteiger partial charge in [0.15, 0.2) is 0 Å². The van der Waals surface area contributed by atoms with Gasteiger partial charge in [-0.1, -0.05) is 23.8 Å². The van der Waals surface area contributed by atoms with Gasteiger partial charge < -0.3 is 20.1 Å². The molecule has 146 valence electrons. The summed E-state index contributed by atoms with van der Waals surface area (Å²) in [4.78, 5) is 12.1. The summed E-state index contributed by atoms with van der Waals surface area (Å²) >= 11 is 0. The van der Waals surface area contributed by atoms with Gasteiger partial charge in [-0.15, -0.1) is 0 Å². The van der Waals surface area contributed by atoms with E-state index in [-0.39, 0.29) is 28.0 Å². The van der Waals surface area contributed by atoms with Crippen molar-refractivity contribution in [3.05, 3.63) is 48.0 Å². The molecule has 0 heterocycles. The average molecular weight is 392 g/mol. The summed E-state index contributed by atoms with van der Waals surface area (Å²) in [5.74, 6) is -0.0612. The van der Waals surface area contributed by atoms with E-state index in [1.165, 1.54) is 7.11 Å². The van der Waals surface area contributed by atoms with E-state index in [0.717, 1.165) is 5.56 Å². The molecule has 1 amide bonds. The molecule has 2 N–H and O–H groups in total. The van der Waals surface area contributed by atoms with Crippen LogP contribution in [0, 0.1) is 6.92 Å². The van der Waals surface area contributed by atoms with E-state index in [4.69, 9.17) is 9.47 Å². The van der Waals surface area contributed by atoms with E-state index in [2.05, 4.69) is 10.6 Å². The second-order valence-corrected chi connectivity index (χ2v) is 7.74. The lowest BCUT2D eigenvalue weighted by atomic mass is 10.2. The Morgan fingerprint density at radius 2 is 1.78 bits per heavy atom. The van der Waals surface area contributed by atoms with Crippen molar-refractivity contribution in [3.8, 4) is 5.75 Å². The molecule has 0 radical (unpaired) electrons. The number of sulfone groups is 1. The highest BCUT2D eigenvalue weighted by molar-refractivity contribution is 7.91. The molecular formula is C19H24N2O5S. The number of rotatable bonds is 9. The fourth-order valence-corrected chi connectivity index (χ4v) is 4.03. The maximum Gasteiger partial charge on any atom is 0.239 e. The molecule has 0 aromatic heterocycles. The van der Waals surface area contributed by atoms with Gasteiger partial charge in [-0.2, -0.15) is 0 Å². The molecule has 2 rings (SSSR count). The molecule has 0 aliphatic heterocycles. The molecule has 7 nitrogen and oxygen atoms in total. The minimum Gasteiger partial charge on any atom is -0.495 e. The summed E-state index contributed by atoms with van der Waals surface area (Å²) in [6, 6.07) is 11.4. The SMILES string of the molecule is COCCNC(=O)CNc1cccc(OC)c1S(=O)(=O)c1ccc(C)cc1. The third-order valence-corrected chi connectivity index (χ3v) is 5.72. The molecule has 2 aromatic carbocycles. The number of hydrogen-bond acceptors (Lipinski definition) is 6. The number of methoxy groups -OCH3 is 2. The maximum absolute atomic E-state index is 13.2. The molecule has 0 bridgehead atoms. The molecule has 0 aliphatic rings. The first-order valence-corrected chi connectivity index (χ1v) is 9.86. The molecule has 2 aromatic rings. The highest BCUT2D eigenvalue weighted by atomic mass is 32.2. The number of benzene rings is 2. The van der Waals surface area contributed by atoms with Gasteiger partial charge in [-0.25, -0.2) is 8.42 Å². The van der Waals surface area contributed by atoms with Crippen LogP contribution < -0.4 is 15.4 Å². The Balaban J connectivity index is 2.32. The number of carbonyl (C=O) groups excluding carboxylic acids is 1. The number of amides is 1. The third-order valence-electron chi connectivity index (χ3n) is 3.87. The summed E-state index contributed by atoms with van der Waals surface area (Å²) in [5, 5.41) is 5.56. The van der Waals surface area contributed by atoms with Gasteiger partial charge in [-0.3, -0.25) is 4.79 Å². The van der Waals surface area contributed by atoms with Crippen LogP contribution in [0.3, 0.4) is 0 Å². The number of hydrogen-bond donors (Lipinski definition) is 2. The zero-order valence-electron chi connectivity index (χ0n) is 15.6. The van der Waals surface area contributed by atoms with Crippen LogP contribution in [0.2, 0.25) is 0 Å². The predicted molar refractivity (Wildman–Crippen MR) is 103 cm³/mol. The average Bonchev–Trinajstić information content (AvgIpc) is 2.66. The Morgan fingerprint density at radius 3 is 2.41 bits per heavy atom. The van der Waals surface area contributed by atoms with Gasteiger partial charge in [0, 0.05) is 13.7 Å². The topological polar surface area (TPSA) is 93.7 Å². The van der Waals surface area contributed by atoms with Crippen LogP contribution in [0.15, 0.2) is 52.3 Å². The summed E-state index contributed by atoms with van der Waals surface area (Å²) in [5.41, 5.74) is 1.26. The van der Waals surface area contributed by atoms with Crippen LogP contribution in [-0.2, 0) is 19.4 Å². The molecule has 8 heteroatoms. The summed E-state index contributed by atoms with van der Waals surface area (Å²) < 4.78 is 36.5. The number of anilines is 1. The number of ether oxygens (including phenoxy) is 2. The minimum atomic E-state index is -3.84. The fourth-order valence-electron chi connectivity index (χ4n) is 2.46. The van der Waals surface area contributed by atoms with E-state index in [1.54, 1.807) is 49.6 Å². The van der Waals surface area contributed by atoms with Gasteiger partial charge in [0.05, 0.1) is 30.8 Å². The molecule has 0 aliphatic carbocycles. The first kappa shape index (κ1) is 20.7. The molecule has 27 heavy (non-hydrogen) atoms. The summed E-state index contributed by atoms with van der Waals surface area (Å²) in [7, 11) is -0.885. The number of aryl methyl sites for hydroxylation is 1. The Hall–Kier alpha value is -2.58. The van der Waals surface area contributed by atoms with E-state index in [1.807, 2.05) is 6.92 Å². The van der Waals surface area contributed by atoms with Crippen molar-refractivity contribution in [2.45, 2.75) is 16.7 Å². The highest BCUT2D eigenvalue weighted by Gasteiger charge is 2.26. The zero-order valence-corrected chi connectivity index (χ0v) is 16.4. The standard InChI is InChI=1S/C19H24N2O5S/c1-14-7-9-15(10-8-14)27(23,24)19-16(5-4-6-17(19)26-3)21-13-18(22)20-11-12-25-2/h4-10,21H,11-13H2,1-3H3,(H,20,22). The largest absolute Gasteiger partial charge is 0.495 e. The minimum absolute atomic E-state index is 0.000967. The van der Waals surface area contributed by atoms with Crippen molar-refractivity contribution in [1.82, 2.24) is 5.32 Å². The van der Waals surface area contributed by atoms with Gasteiger partial charge >= 0.3 is 0 Å². The number of carbonyl (C=O) groups is 1. The second kappa shape index (κ2) is 9.38. The van der Waals surface area contributed by atoms with Crippen molar-refractivity contribution in [2.24, 2.45) is 0 Å².